The largest absolute Gasteiger partial charge is 0.386 e. The third kappa shape index (κ3) is 6.06. The third-order valence-electron chi connectivity index (χ3n) is 2.17. The van der Waals surface area contributed by atoms with Crippen LogP contribution in [0.1, 0.15) is 5.56 Å². The first kappa shape index (κ1) is 15.0. The lowest BCUT2D eigenvalue weighted by molar-refractivity contribution is 0.233. The Labute approximate surface area is 116 Å². The van der Waals surface area contributed by atoms with Gasteiger partial charge in [-0.15, -0.1) is 17.1 Å². The van der Waals surface area contributed by atoms with Gasteiger partial charge in [0.2, 0.25) is 0 Å². The first-order chi connectivity index (χ1) is 8.38. The quantitative estimate of drug-likeness (QED) is 0.509. The van der Waals surface area contributed by atoms with Crippen molar-refractivity contribution in [3.63, 3.8) is 0 Å². The molecule has 0 aromatic heterocycles. The van der Waals surface area contributed by atoms with Crippen LogP contribution >= 0.6 is 11.6 Å². The lowest BCUT2D eigenvalue weighted by atomic mass is 10.1. The Hall–Kier alpha value is -1.01. The van der Waals surface area contributed by atoms with Gasteiger partial charge in [-0.25, -0.2) is 0 Å². The van der Waals surface area contributed by atoms with Gasteiger partial charge in [-0.2, -0.15) is 0 Å². The summed E-state index contributed by atoms with van der Waals surface area (Å²) in [5.74, 6) is 2.93. The highest BCUT2D eigenvalue weighted by Gasteiger charge is 2.12. The molecule has 1 aromatic rings. The van der Waals surface area contributed by atoms with Crippen LogP contribution in [0, 0.1) is 11.5 Å². The lowest BCUT2D eigenvalue weighted by Crippen LogP contribution is -2.20. The average Bonchev–Trinajstić information content (AvgIpc) is 2.33. The van der Waals surface area contributed by atoms with Gasteiger partial charge in [-0.05, 0) is 5.56 Å². The molecule has 3 heteroatoms. The molecule has 0 aliphatic rings. The van der Waals surface area contributed by atoms with Gasteiger partial charge in [0.25, 0.3) is 0 Å². The van der Waals surface area contributed by atoms with E-state index in [1.54, 1.807) is 6.08 Å². The van der Waals surface area contributed by atoms with Crippen molar-refractivity contribution >= 4 is 25.8 Å². The van der Waals surface area contributed by atoms with Gasteiger partial charge in [0.15, 0.2) is 0 Å². The molecular weight excluding hydrogens is 260 g/mol. The van der Waals surface area contributed by atoms with Gasteiger partial charge in [0.05, 0.1) is 6.10 Å². The maximum absolute atomic E-state index is 9.87. The normalized spacial score (nSPS) is 14.9. The molecule has 2 atom stereocenters. The number of hydrogen-bond acceptors (Lipinski definition) is 1. The molecule has 1 N–H and O–H groups in total. The fourth-order valence-corrected chi connectivity index (χ4v) is 2.06. The van der Waals surface area contributed by atoms with E-state index in [4.69, 9.17) is 11.6 Å². The molecule has 0 saturated heterocycles. The zero-order valence-electron chi connectivity index (χ0n) is 11.0. The summed E-state index contributed by atoms with van der Waals surface area (Å²) in [5.41, 5.74) is 4.20. The van der Waals surface area contributed by atoms with E-state index in [9.17, 15) is 5.11 Å². The minimum Gasteiger partial charge on any atom is -0.386 e. The topological polar surface area (TPSA) is 20.2 Å². The van der Waals surface area contributed by atoms with Crippen LogP contribution in [0.15, 0.2) is 36.4 Å². The van der Waals surface area contributed by atoms with Crippen molar-refractivity contribution in [1.29, 1.82) is 0 Å². The predicted molar refractivity (Wildman–Crippen MR) is 82.2 cm³/mol. The summed E-state index contributed by atoms with van der Waals surface area (Å²) in [5, 5.41) is 9.33. The van der Waals surface area contributed by atoms with Crippen LogP contribution in [0.5, 0.6) is 0 Å². The second-order valence-electron chi connectivity index (χ2n) is 5.18. The van der Waals surface area contributed by atoms with Crippen LogP contribution < -0.4 is 0 Å². The van der Waals surface area contributed by atoms with Crippen molar-refractivity contribution in [2.75, 3.05) is 0 Å². The molecule has 0 bridgehead atoms. The zero-order chi connectivity index (χ0) is 13.6. The summed E-state index contributed by atoms with van der Waals surface area (Å²) in [7, 11) is -1.43. The number of hydrogen-bond donors (Lipinski definition) is 1. The third-order valence-corrected chi connectivity index (χ3v) is 3.43. The molecule has 0 fully saturated rings. The number of aliphatic hydroxyl groups excluding tert-OH is 1. The molecule has 0 saturated carbocycles. The minimum atomic E-state index is -1.43. The van der Waals surface area contributed by atoms with Crippen LogP contribution in [0.4, 0.5) is 0 Å². The minimum absolute atomic E-state index is 0.545. The second-order valence-corrected chi connectivity index (χ2v) is 10.4. The van der Waals surface area contributed by atoms with E-state index in [1.165, 1.54) is 0 Å². The van der Waals surface area contributed by atoms with E-state index in [1.807, 2.05) is 36.4 Å². The fourth-order valence-electron chi connectivity index (χ4n) is 1.24. The number of halogens is 1. The second kappa shape index (κ2) is 6.80. The molecule has 0 radical (unpaired) electrons. The maximum atomic E-state index is 9.87. The molecule has 1 rings (SSSR count). The molecule has 1 aromatic carbocycles. The summed E-state index contributed by atoms with van der Waals surface area (Å²) in [6, 6.07) is 9.81. The smallest absolute Gasteiger partial charge is 0.129 e. The Morgan fingerprint density at radius 2 is 1.83 bits per heavy atom. The van der Waals surface area contributed by atoms with E-state index in [0.29, 0.717) is 0 Å². The first-order valence-electron chi connectivity index (χ1n) is 5.96. The summed E-state index contributed by atoms with van der Waals surface area (Å²) in [4.78, 5) is 0. The SMILES string of the molecule is C[Si](C)(C)C#C[C@H](Cl)[C@H](O)/C=C/c1ccccc1. The van der Waals surface area contributed by atoms with Gasteiger partial charge >= 0.3 is 0 Å². The van der Waals surface area contributed by atoms with Gasteiger partial charge in [-0.1, -0.05) is 68.0 Å². The van der Waals surface area contributed by atoms with E-state index >= 15 is 0 Å². The Morgan fingerprint density at radius 1 is 1.22 bits per heavy atom. The van der Waals surface area contributed by atoms with Gasteiger partial charge in [0.1, 0.15) is 13.5 Å². The van der Waals surface area contributed by atoms with Crippen molar-refractivity contribution in [2.45, 2.75) is 31.1 Å². The Morgan fingerprint density at radius 3 is 2.39 bits per heavy atom. The van der Waals surface area contributed by atoms with Crippen LogP contribution in [0.25, 0.3) is 6.08 Å². The molecule has 0 amide bonds. The van der Waals surface area contributed by atoms with Crippen molar-refractivity contribution in [2.24, 2.45) is 0 Å². The number of alkyl halides is 1. The van der Waals surface area contributed by atoms with Gasteiger partial charge in [-0.3, -0.25) is 0 Å². The van der Waals surface area contributed by atoms with Gasteiger partial charge in [0, 0.05) is 0 Å². The van der Waals surface area contributed by atoms with Crippen molar-refractivity contribution in [3.05, 3.63) is 42.0 Å². The maximum Gasteiger partial charge on any atom is 0.129 e. The molecule has 0 aliphatic carbocycles. The monoisotopic (exact) mass is 278 g/mol. The molecule has 0 aliphatic heterocycles. The number of benzene rings is 1. The van der Waals surface area contributed by atoms with E-state index in [0.717, 1.165) is 5.56 Å². The van der Waals surface area contributed by atoms with Crippen molar-refractivity contribution in [1.82, 2.24) is 0 Å². The summed E-state index contributed by atoms with van der Waals surface area (Å²) >= 11 is 6.05. The van der Waals surface area contributed by atoms with E-state index in [-0.39, 0.29) is 0 Å². The Balaban J connectivity index is 2.62. The Bertz CT molecular complexity index is 451. The fraction of sp³-hybridized carbons (Fsp3) is 0.333. The zero-order valence-corrected chi connectivity index (χ0v) is 12.8. The van der Waals surface area contributed by atoms with Crippen LogP contribution in [0.3, 0.4) is 0 Å². The average molecular weight is 279 g/mol. The van der Waals surface area contributed by atoms with Crippen molar-refractivity contribution < 1.29 is 5.11 Å². The molecule has 1 nitrogen and oxygen atoms in total. The van der Waals surface area contributed by atoms with Crippen molar-refractivity contribution in [3.8, 4) is 11.5 Å². The highest BCUT2D eigenvalue weighted by molar-refractivity contribution is 6.83. The molecule has 0 unspecified atom stereocenters. The number of aliphatic hydroxyl groups is 1. The molecule has 0 spiro atoms. The van der Waals surface area contributed by atoms with Crippen LogP contribution in [-0.2, 0) is 0 Å². The molecule has 96 valence electrons. The standard InChI is InChI=1S/C15H19ClOSi/c1-18(2,3)12-11-14(16)15(17)10-9-13-7-5-4-6-8-13/h4-10,14-15,17H,1-3H3/b10-9+/t14-,15+/m0/s1. The molecule has 0 heterocycles. The summed E-state index contributed by atoms with van der Waals surface area (Å²) in [6.07, 6.45) is 2.80. The first-order valence-corrected chi connectivity index (χ1v) is 9.90. The van der Waals surface area contributed by atoms with Crippen LogP contribution in [-0.4, -0.2) is 24.7 Å². The predicted octanol–water partition coefficient (Wildman–Crippen LogP) is 3.55. The van der Waals surface area contributed by atoms with Crippen LogP contribution in [0.2, 0.25) is 19.6 Å². The highest BCUT2D eigenvalue weighted by atomic mass is 35.5. The molecule has 18 heavy (non-hydrogen) atoms. The number of rotatable bonds is 3. The molecular formula is C15H19ClOSi. The van der Waals surface area contributed by atoms with E-state index in [2.05, 4.69) is 31.1 Å². The van der Waals surface area contributed by atoms with E-state index < -0.39 is 19.6 Å². The lowest BCUT2D eigenvalue weighted by Gasteiger charge is -2.09. The van der Waals surface area contributed by atoms with Gasteiger partial charge < -0.3 is 5.11 Å². The highest BCUT2D eigenvalue weighted by Crippen LogP contribution is 2.08. The Kier molecular flexibility index (Phi) is 5.68. The summed E-state index contributed by atoms with van der Waals surface area (Å²) < 4.78 is 0. The summed E-state index contributed by atoms with van der Waals surface area (Å²) in [6.45, 7) is 6.45.